The first-order chi connectivity index (χ1) is 13.5. The number of ether oxygens (including phenoxy) is 1. The highest BCUT2D eigenvalue weighted by molar-refractivity contribution is 5.79. The van der Waals surface area contributed by atoms with Crippen LogP contribution in [0.3, 0.4) is 0 Å². The summed E-state index contributed by atoms with van der Waals surface area (Å²) in [5.74, 6) is 1.54. The molecule has 2 aliphatic heterocycles. The van der Waals surface area contributed by atoms with Gasteiger partial charge in [0.1, 0.15) is 12.4 Å². The second-order valence-corrected chi connectivity index (χ2v) is 8.61. The van der Waals surface area contributed by atoms with Gasteiger partial charge in [-0.15, -0.1) is 0 Å². The monoisotopic (exact) mass is 387 g/mol. The van der Waals surface area contributed by atoms with E-state index in [1.165, 1.54) is 5.56 Å². The Morgan fingerprint density at radius 2 is 1.96 bits per heavy atom. The summed E-state index contributed by atoms with van der Waals surface area (Å²) in [7, 11) is 4.24. The molecule has 1 saturated heterocycles. The van der Waals surface area contributed by atoms with Gasteiger partial charge in [0, 0.05) is 43.7 Å². The average Bonchev–Trinajstić information content (AvgIpc) is 3.07. The number of fused-ring (bicyclic) bond motifs is 1. The van der Waals surface area contributed by atoms with Crippen LogP contribution in [0, 0.1) is 5.92 Å². The van der Waals surface area contributed by atoms with Crippen molar-refractivity contribution in [3.05, 3.63) is 29.8 Å². The van der Waals surface area contributed by atoms with Gasteiger partial charge in [0.15, 0.2) is 0 Å². The van der Waals surface area contributed by atoms with Gasteiger partial charge < -0.3 is 14.5 Å². The van der Waals surface area contributed by atoms with Crippen LogP contribution in [0.5, 0.6) is 5.75 Å². The summed E-state index contributed by atoms with van der Waals surface area (Å²) in [5.41, 5.74) is 1.25. The fourth-order valence-corrected chi connectivity index (χ4v) is 4.68. The number of likely N-dealkylation sites (N-methyl/N-ethyl adjacent to an activating group) is 1. The second kappa shape index (κ2) is 9.75. The van der Waals surface area contributed by atoms with Crippen molar-refractivity contribution in [1.29, 1.82) is 0 Å². The number of benzene rings is 1. The topological polar surface area (TPSA) is 36.0 Å². The Balaban J connectivity index is 1.77. The quantitative estimate of drug-likeness (QED) is 0.720. The standard InChI is InChI=1S/C23H37N3O2/c1-5-18(6-2)23(27)26-13-9-11-20(26)16-25-14-19-10-7-8-12-22(19)28-17-21(25)15-24(3)4/h7-8,10,12,18,20-21H,5-6,9,11,13-17H2,1-4H3/t20-,21-/m1/s1. The highest BCUT2D eigenvalue weighted by Crippen LogP contribution is 2.28. The molecule has 0 unspecified atom stereocenters. The van der Waals surface area contributed by atoms with Crippen molar-refractivity contribution in [2.75, 3.05) is 40.3 Å². The first-order valence-corrected chi connectivity index (χ1v) is 10.9. The van der Waals surface area contributed by atoms with Crippen LogP contribution in [0.4, 0.5) is 0 Å². The zero-order valence-corrected chi connectivity index (χ0v) is 18.1. The average molecular weight is 388 g/mol. The van der Waals surface area contributed by atoms with Crippen molar-refractivity contribution in [2.24, 2.45) is 5.92 Å². The molecule has 1 fully saturated rings. The molecule has 0 bridgehead atoms. The summed E-state index contributed by atoms with van der Waals surface area (Å²) >= 11 is 0. The second-order valence-electron chi connectivity index (χ2n) is 8.61. The number of likely N-dealkylation sites (tertiary alicyclic amines) is 1. The lowest BCUT2D eigenvalue weighted by atomic mass is 10.0. The summed E-state index contributed by atoms with van der Waals surface area (Å²) < 4.78 is 6.16. The van der Waals surface area contributed by atoms with Crippen LogP contribution in [0.2, 0.25) is 0 Å². The van der Waals surface area contributed by atoms with E-state index in [9.17, 15) is 4.79 Å². The van der Waals surface area contributed by atoms with E-state index in [4.69, 9.17) is 4.74 Å². The Morgan fingerprint density at radius 3 is 2.68 bits per heavy atom. The van der Waals surface area contributed by atoms with Gasteiger partial charge in [-0.1, -0.05) is 32.0 Å². The van der Waals surface area contributed by atoms with Crippen molar-refractivity contribution in [1.82, 2.24) is 14.7 Å². The molecule has 3 rings (SSSR count). The molecule has 156 valence electrons. The summed E-state index contributed by atoms with van der Waals surface area (Å²) in [5, 5.41) is 0. The normalized spacial score (nSPS) is 23.0. The van der Waals surface area contributed by atoms with Gasteiger partial charge in [0.25, 0.3) is 0 Å². The zero-order chi connectivity index (χ0) is 20.1. The van der Waals surface area contributed by atoms with Crippen molar-refractivity contribution in [3.8, 4) is 5.75 Å². The molecule has 0 saturated carbocycles. The lowest BCUT2D eigenvalue weighted by molar-refractivity contribution is -0.137. The van der Waals surface area contributed by atoms with Crippen LogP contribution in [-0.2, 0) is 11.3 Å². The summed E-state index contributed by atoms with van der Waals surface area (Å²) in [6.07, 6.45) is 4.11. The number of carbonyl (C=O) groups is 1. The molecular formula is C23H37N3O2. The number of hydrogen-bond donors (Lipinski definition) is 0. The Bertz CT molecular complexity index is 644. The molecule has 0 aliphatic carbocycles. The fourth-order valence-electron chi connectivity index (χ4n) is 4.68. The third-order valence-electron chi connectivity index (χ3n) is 6.31. The lowest BCUT2D eigenvalue weighted by Gasteiger charge is -2.36. The Kier molecular flexibility index (Phi) is 7.36. The highest BCUT2D eigenvalue weighted by atomic mass is 16.5. The molecule has 0 N–H and O–H groups in total. The summed E-state index contributed by atoms with van der Waals surface area (Å²) in [4.78, 5) is 20.0. The molecule has 0 aromatic heterocycles. The molecule has 5 nitrogen and oxygen atoms in total. The van der Waals surface area contributed by atoms with Crippen LogP contribution in [0.25, 0.3) is 0 Å². The smallest absolute Gasteiger partial charge is 0.225 e. The maximum absolute atomic E-state index is 13.1. The largest absolute Gasteiger partial charge is 0.492 e. The maximum Gasteiger partial charge on any atom is 0.225 e. The first kappa shape index (κ1) is 21.1. The molecule has 1 aromatic rings. The van der Waals surface area contributed by atoms with Gasteiger partial charge in [-0.05, 0) is 45.8 Å². The Hall–Kier alpha value is -1.59. The zero-order valence-electron chi connectivity index (χ0n) is 18.1. The first-order valence-electron chi connectivity index (χ1n) is 10.9. The Morgan fingerprint density at radius 1 is 1.21 bits per heavy atom. The van der Waals surface area contributed by atoms with Gasteiger partial charge in [-0.2, -0.15) is 0 Å². The molecule has 2 atom stereocenters. The van der Waals surface area contributed by atoms with Crippen molar-refractivity contribution >= 4 is 5.91 Å². The highest BCUT2D eigenvalue weighted by Gasteiger charge is 2.35. The van der Waals surface area contributed by atoms with E-state index in [0.29, 0.717) is 24.6 Å². The van der Waals surface area contributed by atoms with E-state index < -0.39 is 0 Å². The predicted molar refractivity (Wildman–Crippen MR) is 113 cm³/mol. The molecular weight excluding hydrogens is 350 g/mol. The molecule has 0 radical (unpaired) electrons. The molecule has 1 amide bonds. The van der Waals surface area contributed by atoms with Crippen LogP contribution < -0.4 is 4.74 Å². The predicted octanol–water partition coefficient (Wildman–Crippen LogP) is 3.24. The fraction of sp³-hybridized carbons (Fsp3) is 0.696. The van der Waals surface area contributed by atoms with Crippen molar-refractivity contribution < 1.29 is 9.53 Å². The molecule has 0 spiro atoms. The van der Waals surface area contributed by atoms with E-state index in [2.05, 4.69) is 60.8 Å². The van der Waals surface area contributed by atoms with E-state index in [1.807, 2.05) is 6.07 Å². The minimum absolute atomic E-state index is 0.173. The Labute approximate surface area is 170 Å². The molecule has 2 heterocycles. The van der Waals surface area contributed by atoms with Crippen molar-refractivity contribution in [2.45, 2.75) is 58.2 Å². The minimum Gasteiger partial charge on any atom is -0.492 e. The van der Waals surface area contributed by atoms with Crippen LogP contribution in [0.15, 0.2) is 24.3 Å². The lowest BCUT2D eigenvalue weighted by Crippen LogP contribution is -2.51. The number of rotatable bonds is 7. The third-order valence-corrected chi connectivity index (χ3v) is 6.31. The minimum atomic E-state index is 0.173. The molecule has 28 heavy (non-hydrogen) atoms. The van der Waals surface area contributed by atoms with Crippen molar-refractivity contribution in [3.63, 3.8) is 0 Å². The van der Waals surface area contributed by atoms with E-state index >= 15 is 0 Å². The summed E-state index contributed by atoms with van der Waals surface area (Å²) in [6, 6.07) is 9.02. The van der Waals surface area contributed by atoms with Crippen LogP contribution >= 0.6 is 0 Å². The number of carbonyl (C=O) groups excluding carboxylic acids is 1. The van der Waals surface area contributed by atoms with Gasteiger partial charge in [0.05, 0.1) is 6.04 Å². The van der Waals surface area contributed by atoms with E-state index in [0.717, 1.165) is 57.6 Å². The SMILES string of the molecule is CCC(CC)C(=O)N1CCC[C@@H]1CN1Cc2ccccc2OC[C@H]1CN(C)C. The molecule has 2 aliphatic rings. The number of para-hydroxylation sites is 1. The van der Waals surface area contributed by atoms with Gasteiger partial charge >= 0.3 is 0 Å². The summed E-state index contributed by atoms with van der Waals surface area (Å²) in [6.45, 7) is 8.66. The van der Waals surface area contributed by atoms with E-state index in [1.54, 1.807) is 0 Å². The molecule has 5 heteroatoms. The van der Waals surface area contributed by atoms with Gasteiger partial charge in [0.2, 0.25) is 5.91 Å². The van der Waals surface area contributed by atoms with E-state index in [-0.39, 0.29) is 5.92 Å². The molecule has 1 aromatic carbocycles. The number of nitrogens with zero attached hydrogens (tertiary/aromatic N) is 3. The van der Waals surface area contributed by atoms with Crippen LogP contribution in [-0.4, -0.2) is 73.0 Å². The van der Waals surface area contributed by atoms with Gasteiger partial charge in [-0.25, -0.2) is 0 Å². The number of hydrogen-bond acceptors (Lipinski definition) is 4. The third kappa shape index (κ3) is 4.87. The van der Waals surface area contributed by atoms with Crippen LogP contribution in [0.1, 0.15) is 45.1 Å². The maximum atomic E-state index is 13.1. The van der Waals surface area contributed by atoms with Gasteiger partial charge in [-0.3, -0.25) is 9.69 Å². The number of amides is 1.